The normalized spacial score (nSPS) is 10.2. The molecule has 1 aromatic heterocycles. The van der Waals surface area contributed by atoms with E-state index < -0.39 is 0 Å². The van der Waals surface area contributed by atoms with Gasteiger partial charge in [-0.05, 0) is 12.1 Å². The Balaban J connectivity index is 2.72. The van der Waals surface area contributed by atoms with Crippen molar-refractivity contribution in [3.8, 4) is 6.07 Å². The summed E-state index contributed by atoms with van der Waals surface area (Å²) in [6.45, 7) is 0.404. The minimum Gasteiger partial charge on any atom is -0.233 e. The van der Waals surface area contributed by atoms with Gasteiger partial charge in [0.05, 0.1) is 7.05 Å². The van der Waals surface area contributed by atoms with Gasteiger partial charge in [0.1, 0.15) is 6.07 Å². The van der Waals surface area contributed by atoms with Crippen LogP contribution in [0.25, 0.3) is 11.0 Å². The lowest BCUT2D eigenvalue weighted by Crippen LogP contribution is -2.25. The molecule has 0 N–H and O–H groups in total. The highest BCUT2D eigenvalue weighted by atomic mass is 15.1. The highest BCUT2D eigenvalue weighted by molar-refractivity contribution is 5.71. The second kappa shape index (κ2) is 2.91. The molecule has 0 aliphatic rings. The molecule has 0 unspecified atom stereocenters. The Bertz CT molecular complexity index is 476. The van der Waals surface area contributed by atoms with E-state index in [1.54, 1.807) is 0 Å². The molecule has 1 heterocycles. The first-order chi connectivity index (χ1) is 6.33. The molecule has 0 bridgehead atoms. The monoisotopic (exact) mass is 172 g/mol. The van der Waals surface area contributed by atoms with E-state index >= 15 is 0 Å². The first-order valence-corrected chi connectivity index (χ1v) is 4.13. The van der Waals surface area contributed by atoms with Gasteiger partial charge in [-0.1, -0.05) is 12.1 Å². The highest BCUT2D eigenvalue weighted by Gasteiger charge is 2.10. The average molecular weight is 172 g/mol. The lowest BCUT2D eigenvalue weighted by molar-refractivity contribution is -0.645. The molecular weight excluding hydrogens is 162 g/mol. The van der Waals surface area contributed by atoms with Crippen LogP contribution in [0.2, 0.25) is 0 Å². The lowest BCUT2D eigenvalue weighted by Gasteiger charge is -1.86. The summed E-state index contributed by atoms with van der Waals surface area (Å²) in [5.74, 6) is 0. The number of imidazole rings is 1. The van der Waals surface area contributed by atoms with Crippen LogP contribution < -0.4 is 4.57 Å². The van der Waals surface area contributed by atoms with Crippen LogP contribution in [0.5, 0.6) is 0 Å². The van der Waals surface area contributed by atoms with Crippen molar-refractivity contribution in [3.63, 3.8) is 0 Å². The quantitative estimate of drug-likeness (QED) is 0.590. The third kappa shape index (κ3) is 1.17. The Morgan fingerprint density at radius 3 is 3.00 bits per heavy atom. The minimum absolute atomic E-state index is 0.404. The Labute approximate surface area is 76.4 Å². The number of hydrogen-bond acceptors (Lipinski definition) is 1. The van der Waals surface area contributed by atoms with Crippen LogP contribution in [0.15, 0.2) is 30.6 Å². The number of hydrogen-bond donors (Lipinski definition) is 0. The van der Waals surface area contributed by atoms with Gasteiger partial charge in [-0.15, -0.1) is 0 Å². The maximum atomic E-state index is 8.61. The van der Waals surface area contributed by atoms with Crippen LogP contribution in [-0.2, 0) is 13.6 Å². The molecule has 0 fully saturated rings. The fourth-order valence-electron chi connectivity index (χ4n) is 1.54. The van der Waals surface area contributed by atoms with Gasteiger partial charge in [0.25, 0.3) is 0 Å². The molecule has 0 atom stereocenters. The summed E-state index contributed by atoms with van der Waals surface area (Å²) >= 11 is 0. The molecule has 2 rings (SSSR count). The summed E-state index contributed by atoms with van der Waals surface area (Å²) in [6, 6.07) is 10.2. The molecule has 0 aliphatic heterocycles. The number of nitriles is 1. The van der Waals surface area contributed by atoms with Crippen LogP contribution in [0.4, 0.5) is 0 Å². The van der Waals surface area contributed by atoms with Gasteiger partial charge in [0.2, 0.25) is 6.33 Å². The van der Waals surface area contributed by atoms with E-state index in [2.05, 4.69) is 6.07 Å². The Morgan fingerprint density at radius 1 is 1.46 bits per heavy atom. The van der Waals surface area contributed by atoms with Gasteiger partial charge >= 0.3 is 0 Å². The van der Waals surface area contributed by atoms with E-state index in [1.807, 2.05) is 46.8 Å². The highest BCUT2D eigenvalue weighted by Crippen LogP contribution is 2.09. The van der Waals surface area contributed by atoms with Gasteiger partial charge in [-0.3, -0.25) is 0 Å². The molecule has 2 aromatic rings. The second-order valence-electron chi connectivity index (χ2n) is 3.00. The minimum atomic E-state index is 0.404. The molecule has 1 aromatic carbocycles. The Hall–Kier alpha value is -1.82. The van der Waals surface area contributed by atoms with Crippen molar-refractivity contribution in [2.45, 2.75) is 6.54 Å². The van der Waals surface area contributed by atoms with Gasteiger partial charge in [-0.2, -0.15) is 5.26 Å². The zero-order chi connectivity index (χ0) is 9.26. The molecule has 3 nitrogen and oxygen atoms in total. The molecule has 0 spiro atoms. The SMILES string of the molecule is C[n+]1cn(CC#N)c2ccccc21. The number of aromatic nitrogens is 2. The molecule has 3 heteroatoms. The van der Waals surface area contributed by atoms with Gasteiger partial charge in [-0.25, -0.2) is 9.13 Å². The van der Waals surface area contributed by atoms with Gasteiger partial charge in [0, 0.05) is 0 Å². The molecule has 0 amide bonds. The topological polar surface area (TPSA) is 32.6 Å². The first kappa shape index (κ1) is 7.81. The molecule has 64 valence electrons. The molecule has 0 saturated carbocycles. The number of aryl methyl sites for hydroxylation is 1. The van der Waals surface area contributed by atoms with Crippen LogP contribution in [0, 0.1) is 11.3 Å². The third-order valence-corrected chi connectivity index (χ3v) is 2.12. The van der Waals surface area contributed by atoms with E-state index in [4.69, 9.17) is 5.26 Å². The summed E-state index contributed by atoms with van der Waals surface area (Å²) in [7, 11) is 1.98. The number of benzene rings is 1. The zero-order valence-corrected chi connectivity index (χ0v) is 7.44. The maximum Gasteiger partial charge on any atom is 0.245 e. The van der Waals surface area contributed by atoms with E-state index in [0.29, 0.717) is 6.54 Å². The molecule has 0 aliphatic carbocycles. The lowest BCUT2D eigenvalue weighted by atomic mass is 10.3. The van der Waals surface area contributed by atoms with Crippen molar-refractivity contribution in [3.05, 3.63) is 30.6 Å². The predicted molar refractivity (Wildman–Crippen MR) is 48.7 cm³/mol. The summed E-state index contributed by atoms with van der Waals surface area (Å²) in [5.41, 5.74) is 2.25. The fraction of sp³-hybridized carbons (Fsp3) is 0.200. The predicted octanol–water partition coefficient (Wildman–Crippen LogP) is 0.989. The molecule has 0 radical (unpaired) electrons. The summed E-state index contributed by atoms with van der Waals surface area (Å²) in [5, 5.41) is 8.61. The van der Waals surface area contributed by atoms with Crippen molar-refractivity contribution >= 4 is 11.0 Å². The maximum absolute atomic E-state index is 8.61. The van der Waals surface area contributed by atoms with E-state index in [-0.39, 0.29) is 0 Å². The largest absolute Gasteiger partial charge is 0.245 e. The second-order valence-corrected chi connectivity index (χ2v) is 3.00. The molecule has 13 heavy (non-hydrogen) atoms. The third-order valence-electron chi connectivity index (χ3n) is 2.12. The summed E-state index contributed by atoms with van der Waals surface area (Å²) < 4.78 is 3.96. The van der Waals surface area contributed by atoms with Gasteiger partial charge < -0.3 is 0 Å². The average Bonchev–Trinajstić information content (AvgIpc) is 2.46. The van der Waals surface area contributed by atoms with Crippen molar-refractivity contribution in [2.24, 2.45) is 7.05 Å². The molecular formula is C10H10N3+. The van der Waals surface area contributed by atoms with Gasteiger partial charge in [0.15, 0.2) is 17.6 Å². The smallest absolute Gasteiger partial charge is 0.233 e. The van der Waals surface area contributed by atoms with Crippen molar-refractivity contribution in [2.75, 3.05) is 0 Å². The fourth-order valence-corrected chi connectivity index (χ4v) is 1.54. The number of rotatable bonds is 1. The van der Waals surface area contributed by atoms with Crippen LogP contribution in [0.1, 0.15) is 0 Å². The molecule has 0 saturated heterocycles. The van der Waals surface area contributed by atoms with E-state index in [0.717, 1.165) is 11.0 Å². The van der Waals surface area contributed by atoms with Crippen LogP contribution >= 0.6 is 0 Å². The Morgan fingerprint density at radius 2 is 2.23 bits per heavy atom. The summed E-state index contributed by atoms with van der Waals surface area (Å²) in [4.78, 5) is 0. The van der Waals surface area contributed by atoms with Crippen LogP contribution in [-0.4, -0.2) is 4.57 Å². The van der Waals surface area contributed by atoms with Crippen LogP contribution in [0.3, 0.4) is 0 Å². The number of fused-ring (bicyclic) bond motifs is 1. The van der Waals surface area contributed by atoms with E-state index in [1.165, 1.54) is 0 Å². The van der Waals surface area contributed by atoms with E-state index in [9.17, 15) is 0 Å². The zero-order valence-electron chi connectivity index (χ0n) is 7.44. The standard InChI is InChI=1S/C10H10N3/c1-12-8-13(7-6-11)10-5-3-2-4-9(10)12/h2-5,8H,7H2,1H3/q+1. The number of nitrogens with zero attached hydrogens (tertiary/aromatic N) is 3. The van der Waals surface area contributed by atoms with Crippen molar-refractivity contribution in [1.82, 2.24) is 4.57 Å². The van der Waals surface area contributed by atoms with Crippen molar-refractivity contribution in [1.29, 1.82) is 5.26 Å². The Kier molecular flexibility index (Phi) is 1.75. The number of para-hydroxylation sites is 2. The first-order valence-electron chi connectivity index (χ1n) is 4.13. The summed E-state index contributed by atoms with van der Waals surface area (Å²) in [6.07, 6.45) is 1.94. The van der Waals surface area contributed by atoms with Crippen molar-refractivity contribution < 1.29 is 4.57 Å².